The summed E-state index contributed by atoms with van der Waals surface area (Å²) < 4.78 is 16.2. The van der Waals surface area contributed by atoms with Crippen molar-refractivity contribution in [2.75, 3.05) is 6.61 Å². The second-order valence-electron chi connectivity index (χ2n) is 7.02. The van der Waals surface area contributed by atoms with Crippen LogP contribution in [0.4, 0.5) is 0 Å². The van der Waals surface area contributed by atoms with E-state index in [2.05, 4.69) is 13.8 Å². The molecule has 0 aliphatic carbocycles. The summed E-state index contributed by atoms with van der Waals surface area (Å²) in [7, 11) is 0. The number of carbonyl (C=O) groups excluding carboxylic acids is 1. The number of fused-ring (bicyclic) bond motifs is 1. The zero-order valence-corrected chi connectivity index (χ0v) is 16.4. The second-order valence-corrected chi connectivity index (χ2v) is 7.02. The summed E-state index contributed by atoms with van der Waals surface area (Å²) in [4.78, 5) is 23.9. The summed E-state index contributed by atoms with van der Waals surface area (Å²) in [6.07, 6.45) is 0.130. The van der Waals surface area contributed by atoms with E-state index in [0.717, 1.165) is 10.9 Å². The number of rotatable bonds is 7. The molecule has 0 saturated heterocycles. The predicted molar refractivity (Wildman–Crippen MR) is 108 cm³/mol. The zero-order chi connectivity index (χ0) is 20.1. The first-order chi connectivity index (χ1) is 13.4. The van der Waals surface area contributed by atoms with Gasteiger partial charge in [-0.1, -0.05) is 32.0 Å². The van der Waals surface area contributed by atoms with Gasteiger partial charge in [-0.05, 0) is 48.2 Å². The molecule has 0 saturated carbocycles. The van der Waals surface area contributed by atoms with Crippen molar-refractivity contribution in [1.82, 2.24) is 0 Å². The van der Waals surface area contributed by atoms with Crippen LogP contribution in [-0.4, -0.2) is 12.6 Å². The minimum Gasteiger partial charge on any atom is -0.493 e. The molecule has 1 heterocycles. The molecule has 5 nitrogen and oxygen atoms in total. The van der Waals surface area contributed by atoms with E-state index >= 15 is 0 Å². The average molecular weight is 380 g/mol. The summed E-state index contributed by atoms with van der Waals surface area (Å²) in [6.45, 7) is 6.47. The fraction of sp³-hybridized carbons (Fsp3) is 0.304. The van der Waals surface area contributed by atoms with Gasteiger partial charge < -0.3 is 13.9 Å². The van der Waals surface area contributed by atoms with Crippen molar-refractivity contribution >= 4 is 16.9 Å². The quantitative estimate of drug-likeness (QED) is 0.438. The number of hydrogen-bond acceptors (Lipinski definition) is 5. The number of ether oxygens (including phenoxy) is 2. The number of para-hydroxylation sites is 1. The van der Waals surface area contributed by atoms with Crippen LogP contribution in [0.3, 0.4) is 0 Å². The third-order valence-corrected chi connectivity index (χ3v) is 4.55. The van der Waals surface area contributed by atoms with Gasteiger partial charge in [0, 0.05) is 17.0 Å². The fourth-order valence-corrected chi connectivity index (χ4v) is 3.13. The van der Waals surface area contributed by atoms with Crippen molar-refractivity contribution in [2.24, 2.45) is 0 Å². The lowest BCUT2D eigenvalue weighted by molar-refractivity contribution is -0.145. The number of aryl methyl sites for hydroxylation is 1. The first kappa shape index (κ1) is 19.7. The van der Waals surface area contributed by atoms with Gasteiger partial charge in [-0.15, -0.1) is 0 Å². The van der Waals surface area contributed by atoms with Crippen molar-refractivity contribution in [3.05, 3.63) is 75.6 Å². The average Bonchev–Trinajstić information content (AvgIpc) is 2.66. The van der Waals surface area contributed by atoms with Crippen LogP contribution in [0.15, 0.2) is 57.7 Å². The normalized spacial score (nSPS) is 11.0. The Morgan fingerprint density at radius 2 is 1.86 bits per heavy atom. The van der Waals surface area contributed by atoms with Crippen LogP contribution in [0.2, 0.25) is 0 Å². The van der Waals surface area contributed by atoms with Gasteiger partial charge in [-0.3, -0.25) is 4.79 Å². The van der Waals surface area contributed by atoms with Gasteiger partial charge in [0.1, 0.15) is 17.9 Å². The van der Waals surface area contributed by atoms with E-state index < -0.39 is 5.63 Å². The number of benzene rings is 2. The molecule has 0 bridgehead atoms. The number of esters is 1. The molecule has 0 aliphatic heterocycles. The Morgan fingerprint density at radius 3 is 2.57 bits per heavy atom. The molecule has 3 rings (SSSR count). The van der Waals surface area contributed by atoms with Crippen LogP contribution in [0.25, 0.3) is 11.0 Å². The summed E-state index contributed by atoms with van der Waals surface area (Å²) in [6, 6.07) is 14.6. The van der Waals surface area contributed by atoms with E-state index in [1.807, 2.05) is 49.4 Å². The molecule has 146 valence electrons. The van der Waals surface area contributed by atoms with Crippen LogP contribution in [0.1, 0.15) is 42.9 Å². The molecule has 0 N–H and O–H groups in total. The predicted octanol–water partition coefficient (Wildman–Crippen LogP) is 4.74. The molecular weight excluding hydrogens is 356 g/mol. The third-order valence-electron chi connectivity index (χ3n) is 4.55. The molecular formula is C23H24O5. The first-order valence-corrected chi connectivity index (χ1v) is 9.35. The van der Waals surface area contributed by atoms with Gasteiger partial charge in [0.2, 0.25) is 0 Å². The smallest absolute Gasteiger partial charge is 0.336 e. The molecule has 0 unspecified atom stereocenters. The molecule has 5 heteroatoms. The standard InChI is InChI=1S/C23H24O5/c1-15(2)19-13-20-17(12-23(25)28-21(20)11-16(19)3)14-27-22(24)9-10-26-18-7-5-4-6-8-18/h4-8,11-13,15H,9-10,14H2,1-3H3. The maximum absolute atomic E-state index is 12.1. The Bertz CT molecular complexity index is 1020. The molecule has 0 radical (unpaired) electrons. The lowest BCUT2D eigenvalue weighted by Gasteiger charge is -2.13. The largest absolute Gasteiger partial charge is 0.493 e. The minimum atomic E-state index is -0.456. The number of carbonyl (C=O) groups is 1. The molecule has 1 aromatic heterocycles. The lowest BCUT2D eigenvalue weighted by Crippen LogP contribution is -2.11. The topological polar surface area (TPSA) is 65.7 Å². The highest BCUT2D eigenvalue weighted by atomic mass is 16.5. The van der Waals surface area contributed by atoms with Gasteiger partial charge >= 0.3 is 11.6 Å². The van der Waals surface area contributed by atoms with Crippen LogP contribution in [0, 0.1) is 6.92 Å². The van der Waals surface area contributed by atoms with Crippen molar-refractivity contribution < 1.29 is 18.7 Å². The molecule has 2 aromatic carbocycles. The Labute approximate surface area is 163 Å². The van der Waals surface area contributed by atoms with Crippen LogP contribution >= 0.6 is 0 Å². The van der Waals surface area contributed by atoms with Gasteiger partial charge in [0.25, 0.3) is 0 Å². The van der Waals surface area contributed by atoms with Crippen LogP contribution in [0.5, 0.6) is 5.75 Å². The highest BCUT2D eigenvalue weighted by Gasteiger charge is 2.13. The Hall–Kier alpha value is -3.08. The van der Waals surface area contributed by atoms with Gasteiger partial charge in [0.15, 0.2) is 0 Å². The Balaban J connectivity index is 1.68. The van der Waals surface area contributed by atoms with E-state index in [9.17, 15) is 9.59 Å². The van der Waals surface area contributed by atoms with E-state index in [1.165, 1.54) is 11.6 Å². The highest BCUT2D eigenvalue weighted by Crippen LogP contribution is 2.27. The first-order valence-electron chi connectivity index (χ1n) is 9.35. The summed E-state index contributed by atoms with van der Waals surface area (Å²) in [5.74, 6) is 0.661. The van der Waals surface area contributed by atoms with Crippen molar-refractivity contribution in [3.63, 3.8) is 0 Å². The molecule has 0 fully saturated rings. The molecule has 0 amide bonds. The van der Waals surface area contributed by atoms with Gasteiger partial charge in [-0.2, -0.15) is 0 Å². The maximum atomic E-state index is 12.1. The lowest BCUT2D eigenvalue weighted by atomic mass is 9.95. The molecule has 28 heavy (non-hydrogen) atoms. The third kappa shape index (κ3) is 4.80. The van der Waals surface area contributed by atoms with E-state index in [0.29, 0.717) is 22.8 Å². The minimum absolute atomic E-state index is 0.0207. The van der Waals surface area contributed by atoms with E-state index in [1.54, 1.807) is 0 Å². The molecule has 0 aliphatic rings. The van der Waals surface area contributed by atoms with Crippen molar-refractivity contribution in [3.8, 4) is 5.75 Å². The van der Waals surface area contributed by atoms with Gasteiger partial charge in [0.05, 0.1) is 13.0 Å². The molecule has 3 aromatic rings. The Morgan fingerprint density at radius 1 is 1.11 bits per heavy atom. The van der Waals surface area contributed by atoms with Crippen molar-refractivity contribution in [2.45, 2.75) is 39.7 Å². The summed E-state index contributed by atoms with van der Waals surface area (Å²) >= 11 is 0. The maximum Gasteiger partial charge on any atom is 0.336 e. The van der Waals surface area contributed by atoms with Crippen molar-refractivity contribution in [1.29, 1.82) is 0 Å². The van der Waals surface area contributed by atoms with Crippen LogP contribution < -0.4 is 10.4 Å². The van der Waals surface area contributed by atoms with E-state index in [-0.39, 0.29) is 25.6 Å². The SMILES string of the molecule is Cc1cc2oc(=O)cc(COC(=O)CCOc3ccccc3)c2cc1C(C)C. The second kappa shape index (κ2) is 8.74. The number of hydrogen-bond donors (Lipinski definition) is 0. The fourth-order valence-electron chi connectivity index (χ4n) is 3.13. The van der Waals surface area contributed by atoms with Crippen LogP contribution in [-0.2, 0) is 16.1 Å². The summed E-state index contributed by atoms with van der Waals surface area (Å²) in [5.41, 5.74) is 2.93. The highest BCUT2D eigenvalue weighted by molar-refractivity contribution is 5.82. The summed E-state index contributed by atoms with van der Waals surface area (Å²) in [5, 5.41) is 0.794. The Kier molecular flexibility index (Phi) is 6.14. The monoisotopic (exact) mass is 380 g/mol. The van der Waals surface area contributed by atoms with E-state index in [4.69, 9.17) is 13.9 Å². The zero-order valence-electron chi connectivity index (χ0n) is 16.4. The molecule has 0 spiro atoms. The molecule has 0 atom stereocenters. The van der Waals surface area contributed by atoms with Gasteiger partial charge in [-0.25, -0.2) is 4.79 Å².